The van der Waals surface area contributed by atoms with Crippen LogP contribution in [0.4, 0.5) is 11.4 Å². The molecule has 0 aliphatic carbocycles. The molecule has 0 aliphatic rings. The maximum atomic E-state index is 13.2. The summed E-state index contributed by atoms with van der Waals surface area (Å²) in [5, 5.41) is 10.1. The molecule has 2 amide bonds. The Morgan fingerprint density at radius 3 is 2.03 bits per heavy atom. The van der Waals surface area contributed by atoms with Crippen LogP contribution >= 0.6 is 11.8 Å². The van der Waals surface area contributed by atoms with Crippen LogP contribution in [0.1, 0.15) is 21.4 Å². The zero-order chi connectivity index (χ0) is 24.8. The molecule has 10 heteroatoms. The fraction of sp³-hybridized carbons (Fsp3) is 0.0400. The van der Waals surface area contributed by atoms with E-state index in [-0.39, 0.29) is 22.5 Å². The molecule has 0 radical (unpaired) electrons. The van der Waals surface area contributed by atoms with E-state index in [9.17, 15) is 18.0 Å². The van der Waals surface area contributed by atoms with Gasteiger partial charge < -0.3 is 15.1 Å². The third kappa shape index (κ3) is 6.38. The summed E-state index contributed by atoms with van der Waals surface area (Å²) in [6.07, 6.45) is 1.43. The number of hydrogen-bond acceptors (Lipinski definition) is 6. The Hall–Kier alpha value is -3.86. The van der Waals surface area contributed by atoms with Gasteiger partial charge >= 0.3 is 0 Å². The van der Waals surface area contributed by atoms with Crippen molar-refractivity contribution >= 4 is 45.0 Å². The summed E-state index contributed by atoms with van der Waals surface area (Å²) in [4.78, 5) is 26.1. The zero-order valence-electron chi connectivity index (χ0n) is 18.3. The second-order valence-electron chi connectivity index (χ2n) is 7.42. The van der Waals surface area contributed by atoms with Crippen molar-refractivity contribution in [2.75, 3.05) is 10.6 Å². The first-order chi connectivity index (χ1) is 16.8. The maximum absolute atomic E-state index is 13.2. The van der Waals surface area contributed by atoms with E-state index in [2.05, 4.69) is 10.6 Å². The minimum absolute atomic E-state index is 0.0382. The van der Waals surface area contributed by atoms with E-state index in [0.717, 1.165) is 10.5 Å². The Morgan fingerprint density at radius 1 is 0.800 bits per heavy atom. The highest BCUT2D eigenvalue weighted by Gasteiger charge is 2.22. The average molecular weight is 508 g/mol. The fourth-order valence-corrected chi connectivity index (χ4v) is 4.73. The second-order valence-corrected chi connectivity index (χ2v) is 10.2. The summed E-state index contributed by atoms with van der Waals surface area (Å²) in [5.41, 5.74) is 1.83. The first-order valence-electron chi connectivity index (χ1n) is 10.4. The van der Waals surface area contributed by atoms with Crippen molar-refractivity contribution in [2.24, 2.45) is 5.14 Å². The summed E-state index contributed by atoms with van der Waals surface area (Å²) in [6.45, 7) is 0. The van der Waals surface area contributed by atoms with Gasteiger partial charge in [-0.2, -0.15) is 0 Å². The summed E-state index contributed by atoms with van der Waals surface area (Å²) >= 11 is 1.34. The third-order valence-corrected chi connectivity index (χ3v) is 7.10. The Bertz CT molecular complexity index is 1400. The first-order valence-corrected chi connectivity index (χ1v) is 12.8. The number of sulfonamides is 1. The number of hydrogen-bond donors (Lipinski definition) is 3. The lowest BCUT2D eigenvalue weighted by Gasteiger charge is -2.17. The predicted molar refractivity (Wildman–Crippen MR) is 135 cm³/mol. The van der Waals surface area contributed by atoms with Crippen molar-refractivity contribution < 1.29 is 22.4 Å². The molecule has 4 N–H and O–H groups in total. The molecular formula is C25H21N3O5S2. The summed E-state index contributed by atoms with van der Waals surface area (Å²) < 4.78 is 28.0. The van der Waals surface area contributed by atoms with E-state index >= 15 is 0 Å². The lowest BCUT2D eigenvalue weighted by atomic mass is 10.1. The highest BCUT2D eigenvalue weighted by Crippen LogP contribution is 2.36. The molecule has 4 rings (SSSR count). The van der Waals surface area contributed by atoms with Crippen molar-refractivity contribution in [2.45, 2.75) is 15.0 Å². The lowest BCUT2D eigenvalue weighted by Crippen LogP contribution is -2.19. The van der Waals surface area contributed by atoms with Crippen molar-refractivity contribution in [3.8, 4) is 0 Å². The summed E-state index contributed by atoms with van der Waals surface area (Å²) in [5.74, 6) is -0.425. The SMILES string of the molecule is NS(=O)(=O)c1ccc(NC(=O)C(Sc2ccc(NC(=O)c3ccco3)cc2)c2ccccc2)cc1. The zero-order valence-corrected chi connectivity index (χ0v) is 19.9. The number of nitrogens with one attached hydrogen (secondary N) is 2. The van der Waals surface area contributed by atoms with Gasteiger partial charge in [0.2, 0.25) is 15.9 Å². The van der Waals surface area contributed by atoms with Gasteiger partial charge in [-0.3, -0.25) is 9.59 Å². The fourth-order valence-electron chi connectivity index (χ4n) is 3.19. The van der Waals surface area contributed by atoms with E-state index in [1.54, 1.807) is 24.3 Å². The smallest absolute Gasteiger partial charge is 0.291 e. The standard InChI is InChI=1S/C25H21N3O5S2/c26-35(31,32)21-14-10-19(11-15-21)28-25(30)23(17-5-2-1-3-6-17)34-20-12-8-18(9-13-20)27-24(29)22-7-4-16-33-22/h1-16,23H,(H,27,29)(H,28,30)(H2,26,31,32). The molecule has 1 unspecified atom stereocenters. The monoisotopic (exact) mass is 507 g/mol. The Morgan fingerprint density at radius 2 is 1.43 bits per heavy atom. The van der Waals surface area contributed by atoms with Gasteiger partial charge in [-0.15, -0.1) is 11.8 Å². The van der Waals surface area contributed by atoms with E-state index in [0.29, 0.717) is 11.4 Å². The quantitative estimate of drug-likeness (QED) is 0.298. The van der Waals surface area contributed by atoms with Gasteiger partial charge in [0.1, 0.15) is 5.25 Å². The van der Waals surface area contributed by atoms with Crippen molar-refractivity contribution in [3.05, 3.63) is 109 Å². The Kier molecular flexibility index (Phi) is 7.35. The van der Waals surface area contributed by atoms with E-state index < -0.39 is 15.3 Å². The minimum Gasteiger partial charge on any atom is -0.459 e. The highest BCUT2D eigenvalue weighted by atomic mass is 32.2. The van der Waals surface area contributed by atoms with Crippen LogP contribution in [0.25, 0.3) is 0 Å². The van der Waals surface area contributed by atoms with Crippen LogP contribution in [-0.4, -0.2) is 20.2 Å². The molecule has 0 spiro atoms. The van der Waals surface area contributed by atoms with E-state index in [1.165, 1.54) is 42.3 Å². The van der Waals surface area contributed by atoms with Crippen LogP contribution in [0.15, 0.2) is 111 Å². The number of rotatable bonds is 8. The Balaban J connectivity index is 1.49. The van der Waals surface area contributed by atoms with Gasteiger partial charge in [-0.1, -0.05) is 30.3 Å². The van der Waals surface area contributed by atoms with Crippen LogP contribution in [0, 0.1) is 0 Å². The number of nitrogens with two attached hydrogens (primary N) is 1. The van der Waals surface area contributed by atoms with Crippen molar-refractivity contribution in [1.82, 2.24) is 0 Å². The molecule has 4 aromatic rings. The molecule has 8 nitrogen and oxygen atoms in total. The number of primary sulfonamides is 1. The van der Waals surface area contributed by atoms with Crippen LogP contribution in [0.2, 0.25) is 0 Å². The van der Waals surface area contributed by atoms with E-state index in [1.807, 2.05) is 42.5 Å². The predicted octanol–water partition coefficient (Wildman–Crippen LogP) is 4.65. The second kappa shape index (κ2) is 10.6. The number of carbonyl (C=O) groups excluding carboxylic acids is 2. The normalized spacial score (nSPS) is 12.0. The van der Waals surface area contributed by atoms with Gasteiger partial charge in [0.25, 0.3) is 5.91 Å². The largest absolute Gasteiger partial charge is 0.459 e. The maximum Gasteiger partial charge on any atom is 0.291 e. The highest BCUT2D eigenvalue weighted by molar-refractivity contribution is 8.00. The minimum atomic E-state index is -3.82. The molecule has 0 fully saturated rings. The van der Waals surface area contributed by atoms with Crippen LogP contribution < -0.4 is 15.8 Å². The van der Waals surface area contributed by atoms with Crippen LogP contribution in [0.3, 0.4) is 0 Å². The van der Waals surface area contributed by atoms with Gasteiger partial charge in [0.15, 0.2) is 5.76 Å². The lowest BCUT2D eigenvalue weighted by molar-refractivity contribution is -0.115. The number of anilines is 2. The summed E-state index contributed by atoms with van der Waals surface area (Å²) in [6, 6.07) is 25.3. The molecule has 1 heterocycles. The molecule has 0 saturated carbocycles. The molecule has 1 atom stereocenters. The number of benzene rings is 3. The van der Waals surface area contributed by atoms with Crippen molar-refractivity contribution in [3.63, 3.8) is 0 Å². The molecule has 3 aromatic carbocycles. The third-order valence-electron chi connectivity index (χ3n) is 4.90. The number of thioether (sulfide) groups is 1. The molecule has 0 saturated heterocycles. The van der Waals surface area contributed by atoms with Crippen LogP contribution in [0.5, 0.6) is 0 Å². The molecule has 178 valence electrons. The molecule has 1 aromatic heterocycles. The van der Waals surface area contributed by atoms with E-state index in [4.69, 9.17) is 9.56 Å². The molecule has 35 heavy (non-hydrogen) atoms. The van der Waals surface area contributed by atoms with Crippen molar-refractivity contribution in [1.29, 1.82) is 0 Å². The van der Waals surface area contributed by atoms with Gasteiger partial charge in [-0.25, -0.2) is 13.6 Å². The molecular weight excluding hydrogens is 486 g/mol. The molecule has 0 aliphatic heterocycles. The van der Waals surface area contributed by atoms with Gasteiger partial charge in [-0.05, 0) is 66.2 Å². The topological polar surface area (TPSA) is 132 Å². The van der Waals surface area contributed by atoms with Gasteiger partial charge in [0.05, 0.1) is 11.2 Å². The number of amides is 2. The summed E-state index contributed by atoms with van der Waals surface area (Å²) in [7, 11) is -3.82. The Labute approximate surface area is 206 Å². The van der Waals surface area contributed by atoms with Crippen LogP contribution in [-0.2, 0) is 14.8 Å². The number of furan rings is 1. The molecule has 0 bridgehead atoms. The first kappa shape index (κ1) is 24.3. The number of carbonyl (C=O) groups is 2. The van der Waals surface area contributed by atoms with Gasteiger partial charge in [0, 0.05) is 16.3 Å². The average Bonchev–Trinajstić information content (AvgIpc) is 3.39.